The van der Waals surface area contributed by atoms with E-state index >= 15 is 0 Å². The number of benzene rings is 1. The number of nitrogens with one attached hydrogen (secondary N) is 1. The summed E-state index contributed by atoms with van der Waals surface area (Å²) in [6.45, 7) is 0.424. The lowest BCUT2D eigenvalue weighted by Gasteiger charge is -2.12. The summed E-state index contributed by atoms with van der Waals surface area (Å²) >= 11 is 9.08. The number of pyridine rings is 1. The largest absolute Gasteiger partial charge is 0.390 e. The minimum atomic E-state index is -0.548. The van der Waals surface area contributed by atoms with E-state index in [-0.39, 0.29) is 5.88 Å². The number of halogens is 2. The Kier molecular flexibility index (Phi) is 4.20. The molecule has 1 atom stereocenters. The van der Waals surface area contributed by atoms with Crippen molar-refractivity contribution in [3.63, 3.8) is 0 Å². The second kappa shape index (κ2) is 5.67. The van der Waals surface area contributed by atoms with Gasteiger partial charge in [-0.3, -0.25) is 4.98 Å². The van der Waals surface area contributed by atoms with Gasteiger partial charge in [-0.05, 0) is 34.1 Å². The van der Waals surface area contributed by atoms with Gasteiger partial charge < -0.3 is 10.4 Å². The Labute approximate surface area is 113 Å². The first kappa shape index (κ1) is 12.6. The molecular formula is C12H12BrClN2O. The van der Waals surface area contributed by atoms with Gasteiger partial charge in [0.2, 0.25) is 0 Å². The SMILES string of the molecule is OC(CCl)CNc1ccc2ncccc2c1Br. The molecule has 1 unspecified atom stereocenters. The quantitative estimate of drug-likeness (QED) is 0.853. The molecule has 0 aliphatic heterocycles. The Morgan fingerprint density at radius 2 is 2.24 bits per heavy atom. The molecule has 0 saturated carbocycles. The topological polar surface area (TPSA) is 45.1 Å². The summed E-state index contributed by atoms with van der Waals surface area (Å²) in [7, 11) is 0. The van der Waals surface area contributed by atoms with Crippen LogP contribution in [0.4, 0.5) is 5.69 Å². The number of aliphatic hydroxyl groups is 1. The third kappa shape index (κ3) is 2.89. The van der Waals surface area contributed by atoms with Crippen LogP contribution in [0.2, 0.25) is 0 Å². The number of anilines is 1. The van der Waals surface area contributed by atoms with Crippen LogP contribution in [0, 0.1) is 0 Å². The molecule has 0 amide bonds. The third-order valence-corrected chi connectivity index (χ3v) is 3.64. The lowest BCUT2D eigenvalue weighted by atomic mass is 10.2. The van der Waals surface area contributed by atoms with Crippen molar-refractivity contribution < 1.29 is 5.11 Å². The van der Waals surface area contributed by atoms with E-state index in [1.54, 1.807) is 6.20 Å². The van der Waals surface area contributed by atoms with Gasteiger partial charge in [0.05, 0.1) is 22.0 Å². The summed E-state index contributed by atoms with van der Waals surface area (Å²) in [6, 6.07) is 7.76. The standard InChI is InChI=1S/C12H12BrClN2O/c13-12-9-2-1-5-15-10(9)3-4-11(12)16-7-8(17)6-14/h1-5,8,16-17H,6-7H2. The smallest absolute Gasteiger partial charge is 0.0847 e. The van der Waals surface area contributed by atoms with Gasteiger partial charge in [-0.15, -0.1) is 11.6 Å². The molecule has 1 aromatic heterocycles. The number of alkyl halides is 1. The van der Waals surface area contributed by atoms with Gasteiger partial charge in [0.25, 0.3) is 0 Å². The molecule has 0 fully saturated rings. The van der Waals surface area contributed by atoms with Crippen molar-refractivity contribution in [3.8, 4) is 0 Å². The predicted molar refractivity (Wildman–Crippen MR) is 74.7 cm³/mol. The molecule has 1 aromatic carbocycles. The Bertz CT molecular complexity index is 521. The molecule has 1 heterocycles. The summed E-state index contributed by atoms with van der Waals surface area (Å²) in [5.74, 6) is 0.222. The first-order valence-corrected chi connectivity index (χ1v) is 6.56. The minimum Gasteiger partial charge on any atom is -0.390 e. The monoisotopic (exact) mass is 314 g/mol. The van der Waals surface area contributed by atoms with Gasteiger partial charge in [-0.2, -0.15) is 0 Å². The van der Waals surface area contributed by atoms with Crippen LogP contribution in [0.25, 0.3) is 10.9 Å². The average Bonchev–Trinajstić information content (AvgIpc) is 2.38. The fourth-order valence-electron chi connectivity index (χ4n) is 1.54. The zero-order valence-corrected chi connectivity index (χ0v) is 11.4. The van der Waals surface area contributed by atoms with Crippen molar-refractivity contribution in [2.75, 3.05) is 17.7 Å². The van der Waals surface area contributed by atoms with Gasteiger partial charge in [-0.25, -0.2) is 0 Å². The fourth-order valence-corrected chi connectivity index (χ4v) is 2.25. The maximum atomic E-state index is 9.40. The normalized spacial score (nSPS) is 12.6. The van der Waals surface area contributed by atoms with Crippen LogP contribution >= 0.6 is 27.5 Å². The number of hydrogen-bond donors (Lipinski definition) is 2. The molecule has 0 aliphatic carbocycles. The molecule has 5 heteroatoms. The van der Waals surface area contributed by atoms with Crippen molar-refractivity contribution in [1.82, 2.24) is 4.98 Å². The van der Waals surface area contributed by atoms with E-state index in [0.29, 0.717) is 6.54 Å². The van der Waals surface area contributed by atoms with Crippen LogP contribution in [0.15, 0.2) is 34.9 Å². The maximum Gasteiger partial charge on any atom is 0.0847 e. The second-order valence-corrected chi connectivity index (χ2v) is 4.79. The van der Waals surface area contributed by atoms with E-state index < -0.39 is 6.10 Å². The van der Waals surface area contributed by atoms with Crippen molar-refractivity contribution in [3.05, 3.63) is 34.9 Å². The number of aliphatic hydroxyl groups excluding tert-OH is 1. The summed E-state index contributed by atoms with van der Waals surface area (Å²) in [6.07, 6.45) is 1.22. The Hall–Kier alpha value is -0.840. The highest BCUT2D eigenvalue weighted by atomic mass is 79.9. The fraction of sp³-hybridized carbons (Fsp3) is 0.250. The van der Waals surface area contributed by atoms with Crippen molar-refractivity contribution in [2.45, 2.75) is 6.10 Å². The van der Waals surface area contributed by atoms with E-state index in [9.17, 15) is 5.11 Å². The van der Waals surface area contributed by atoms with E-state index in [1.807, 2.05) is 24.3 Å². The van der Waals surface area contributed by atoms with Gasteiger partial charge in [0.1, 0.15) is 0 Å². The molecule has 0 saturated heterocycles. The molecule has 0 radical (unpaired) electrons. The average molecular weight is 316 g/mol. The number of nitrogens with zero attached hydrogens (tertiary/aromatic N) is 1. The molecule has 90 valence electrons. The molecule has 3 nitrogen and oxygen atoms in total. The molecule has 2 N–H and O–H groups in total. The molecular weight excluding hydrogens is 304 g/mol. The highest BCUT2D eigenvalue weighted by Gasteiger charge is 2.07. The lowest BCUT2D eigenvalue weighted by Crippen LogP contribution is -2.20. The highest BCUT2D eigenvalue weighted by molar-refractivity contribution is 9.10. The van der Waals surface area contributed by atoms with Gasteiger partial charge >= 0.3 is 0 Å². The minimum absolute atomic E-state index is 0.222. The molecule has 2 aromatic rings. The van der Waals surface area contributed by atoms with Gasteiger partial charge in [0, 0.05) is 23.8 Å². The Balaban J connectivity index is 2.26. The van der Waals surface area contributed by atoms with E-state index in [2.05, 4.69) is 26.2 Å². The molecule has 0 aliphatic rings. The number of aromatic nitrogens is 1. The third-order valence-electron chi connectivity index (χ3n) is 2.43. The first-order valence-electron chi connectivity index (χ1n) is 5.23. The van der Waals surface area contributed by atoms with E-state index in [4.69, 9.17) is 11.6 Å². The zero-order valence-electron chi connectivity index (χ0n) is 9.03. The summed E-state index contributed by atoms with van der Waals surface area (Å²) in [4.78, 5) is 4.27. The Morgan fingerprint density at radius 1 is 1.41 bits per heavy atom. The number of hydrogen-bond acceptors (Lipinski definition) is 3. The van der Waals surface area contributed by atoms with Crippen LogP contribution in [0.5, 0.6) is 0 Å². The summed E-state index contributed by atoms with van der Waals surface area (Å²) < 4.78 is 0.949. The van der Waals surface area contributed by atoms with Crippen molar-refractivity contribution in [1.29, 1.82) is 0 Å². The van der Waals surface area contributed by atoms with Crippen LogP contribution in [0.1, 0.15) is 0 Å². The summed E-state index contributed by atoms with van der Waals surface area (Å²) in [5.41, 5.74) is 1.86. The zero-order chi connectivity index (χ0) is 12.3. The molecule has 17 heavy (non-hydrogen) atoms. The van der Waals surface area contributed by atoms with E-state index in [1.165, 1.54) is 0 Å². The van der Waals surface area contributed by atoms with E-state index in [0.717, 1.165) is 21.1 Å². The highest BCUT2D eigenvalue weighted by Crippen LogP contribution is 2.30. The van der Waals surface area contributed by atoms with Crippen molar-refractivity contribution in [2.24, 2.45) is 0 Å². The second-order valence-electron chi connectivity index (χ2n) is 3.69. The lowest BCUT2D eigenvalue weighted by molar-refractivity contribution is 0.211. The van der Waals surface area contributed by atoms with Crippen LogP contribution in [0.3, 0.4) is 0 Å². The molecule has 0 bridgehead atoms. The van der Waals surface area contributed by atoms with Crippen LogP contribution < -0.4 is 5.32 Å². The van der Waals surface area contributed by atoms with Crippen LogP contribution in [-0.4, -0.2) is 28.6 Å². The maximum absolute atomic E-state index is 9.40. The van der Waals surface area contributed by atoms with Crippen LogP contribution in [-0.2, 0) is 0 Å². The van der Waals surface area contributed by atoms with Gasteiger partial charge in [0.15, 0.2) is 0 Å². The summed E-state index contributed by atoms with van der Waals surface area (Å²) in [5, 5.41) is 13.6. The predicted octanol–water partition coefficient (Wildman–Crippen LogP) is 3.01. The molecule has 0 spiro atoms. The van der Waals surface area contributed by atoms with Crippen molar-refractivity contribution >= 4 is 44.1 Å². The molecule has 2 rings (SSSR count). The Morgan fingerprint density at radius 3 is 3.00 bits per heavy atom. The number of rotatable bonds is 4. The number of fused-ring (bicyclic) bond motifs is 1. The van der Waals surface area contributed by atoms with Gasteiger partial charge in [-0.1, -0.05) is 6.07 Å². The first-order chi connectivity index (χ1) is 8.22.